The lowest BCUT2D eigenvalue weighted by atomic mass is 10.0. The van der Waals surface area contributed by atoms with Gasteiger partial charge >= 0.3 is 0 Å². The molecular formula is C21H18N2O3. The van der Waals surface area contributed by atoms with Gasteiger partial charge in [-0.3, -0.25) is 14.6 Å². The first-order chi connectivity index (χ1) is 12.8. The molecule has 0 saturated heterocycles. The fraction of sp³-hybridized carbons (Fsp3) is 0.0952. The van der Waals surface area contributed by atoms with Gasteiger partial charge in [0.1, 0.15) is 5.75 Å². The Morgan fingerprint density at radius 2 is 1.73 bits per heavy atom. The van der Waals surface area contributed by atoms with Crippen molar-refractivity contribution in [2.45, 2.75) is 6.04 Å². The van der Waals surface area contributed by atoms with Crippen molar-refractivity contribution in [3.8, 4) is 5.75 Å². The largest absolute Gasteiger partial charge is 0.483 e. The highest BCUT2D eigenvalue weighted by molar-refractivity contribution is 5.81. The van der Waals surface area contributed by atoms with E-state index in [4.69, 9.17) is 4.74 Å². The van der Waals surface area contributed by atoms with Crippen LogP contribution in [0, 0.1) is 0 Å². The zero-order valence-corrected chi connectivity index (χ0v) is 14.0. The van der Waals surface area contributed by atoms with Crippen LogP contribution >= 0.6 is 0 Å². The number of carbonyl (C=O) groups excluding carboxylic acids is 2. The number of carbonyl (C=O) groups is 2. The summed E-state index contributed by atoms with van der Waals surface area (Å²) in [5, 5.41) is 2.94. The van der Waals surface area contributed by atoms with Crippen molar-refractivity contribution in [2.24, 2.45) is 0 Å². The lowest BCUT2D eigenvalue weighted by molar-refractivity contribution is -0.123. The van der Waals surface area contributed by atoms with Gasteiger partial charge in [0, 0.05) is 6.20 Å². The second-order valence-corrected chi connectivity index (χ2v) is 5.61. The average molecular weight is 346 g/mol. The molecule has 1 N–H and O–H groups in total. The number of aromatic nitrogens is 1. The molecule has 0 spiro atoms. The Morgan fingerprint density at radius 3 is 2.46 bits per heavy atom. The third kappa shape index (κ3) is 4.33. The normalized spacial score (nSPS) is 11.4. The number of nitrogens with zero attached hydrogens (tertiary/aromatic N) is 1. The van der Waals surface area contributed by atoms with Crippen LogP contribution in [0.3, 0.4) is 0 Å². The minimum atomic E-state index is -0.380. The van der Waals surface area contributed by atoms with Gasteiger partial charge in [-0.25, -0.2) is 0 Å². The molecule has 1 unspecified atom stereocenters. The monoisotopic (exact) mass is 346 g/mol. The van der Waals surface area contributed by atoms with Crippen molar-refractivity contribution in [2.75, 3.05) is 6.61 Å². The van der Waals surface area contributed by atoms with E-state index in [1.54, 1.807) is 30.5 Å². The fourth-order valence-electron chi connectivity index (χ4n) is 2.58. The van der Waals surface area contributed by atoms with E-state index in [9.17, 15) is 9.59 Å². The third-order valence-corrected chi connectivity index (χ3v) is 3.83. The van der Waals surface area contributed by atoms with Gasteiger partial charge in [-0.15, -0.1) is 0 Å². The molecule has 0 radical (unpaired) electrons. The fourth-order valence-corrected chi connectivity index (χ4v) is 2.58. The van der Waals surface area contributed by atoms with Gasteiger partial charge in [0.05, 0.1) is 17.3 Å². The predicted molar refractivity (Wildman–Crippen MR) is 98.0 cm³/mol. The van der Waals surface area contributed by atoms with Crippen LogP contribution in [-0.4, -0.2) is 23.8 Å². The Kier molecular flexibility index (Phi) is 5.72. The van der Waals surface area contributed by atoms with Crippen LogP contribution in [0.1, 0.15) is 27.7 Å². The van der Waals surface area contributed by atoms with Crippen molar-refractivity contribution >= 4 is 12.2 Å². The first kappa shape index (κ1) is 17.4. The smallest absolute Gasteiger partial charge is 0.258 e. The van der Waals surface area contributed by atoms with Gasteiger partial charge in [-0.1, -0.05) is 48.5 Å². The van der Waals surface area contributed by atoms with Crippen LogP contribution in [0.2, 0.25) is 0 Å². The molecule has 0 saturated carbocycles. The summed E-state index contributed by atoms with van der Waals surface area (Å²) in [5.41, 5.74) is 2.07. The molecule has 130 valence electrons. The third-order valence-electron chi connectivity index (χ3n) is 3.83. The van der Waals surface area contributed by atoms with Gasteiger partial charge in [-0.05, 0) is 29.8 Å². The van der Waals surface area contributed by atoms with Crippen molar-refractivity contribution in [1.82, 2.24) is 10.3 Å². The number of pyridine rings is 1. The summed E-state index contributed by atoms with van der Waals surface area (Å²) in [6.07, 6.45) is 2.39. The predicted octanol–water partition coefficient (Wildman–Crippen LogP) is 3.18. The number of benzene rings is 2. The van der Waals surface area contributed by atoms with Crippen LogP contribution in [0.4, 0.5) is 0 Å². The highest BCUT2D eigenvalue weighted by Gasteiger charge is 2.18. The molecular weight excluding hydrogens is 328 g/mol. The molecule has 0 bridgehead atoms. The van der Waals surface area contributed by atoms with Crippen LogP contribution in [0.5, 0.6) is 5.75 Å². The zero-order valence-electron chi connectivity index (χ0n) is 14.0. The molecule has 3 aromatic rings. The summed E-state index contributed by atoms with van der Waals surface area (Å²) in [5.74, 6) is 0.0805. The quantitative estimate of drug-likeness (QED) is 0.667. The SMILES string of the molecule is O=Cc1ccccc1OCC(=O)NC(c1ccccc1)c1ccccn1. The van der Waals surface area contributed by atoms with E-state index in [1.165, 1.54) is 0 Å². The van der Waals surface area contributed by atoms with Gasteiger partial charge in [0.25, 0.3) is 5.91 Å². The molecule has 1 amide bonds. The first-order valence-corrected chi connectivity index (χ1v) is 8.20. The van der Waals surface area contributed by atoms with Crippen LogP contribution < -0.4 is 10.1 Å². The van der Waals surface area contributed by atoms with E-state index in [1.807, 2.05) is 48.5 Å². The number of amides is 1. The number of rotatable bonds is 7. The number of para-hydroxylation sites is 1. The van der Waals surface area contributed by atoms with Gasteiger partial charge in [0.2, 0.25) is 0 Å². The molecule has 0 aliphatic rings. The minimum absolute atomic E-state index is 0.193. The maximum absolute atomic E-state index is 12.4. The van der Waals surface area contributed by atoms with E-state index < -0.39 is 0 Å². The van der Waals surface area contributed by atoms with Gasteiger partial charge in [0.15, 0.2) is 12.9 Å². The second-order valence-electron chi connectivity index (χ2n) is 5.61. The molecule has 5 nitrogen and oxygen atoms in total. The summed E-state index contributed by atoms with van der Waals surface area (Å²) in [6.45, 7) is -0.193. The molecule has 0 aliphatic carbocycles. The maximum atomic E-state index is 12.4. The van der Waals surface area contributed by atoms with Crippen molar-refractivity contribution < 1.29 is 14.3 Å². The Balaban J connectivity index is 1.73. The van der Waals surface area contributed by atoms with Crippen molar-refractivity contribution in [3.05, 3.63) is 95.8 Å². The second kappa shape index (κ2) is 8.58. The van der Waals surface area contributed by atoms with E-state index in [-0.39, 0.29) is 18.6 Å². The molecule has 1 heterocycles. The number of aldehydes is 1. The lowest BCUT2D eigenvalue weighted by Gasteiger charge is -2.19. The zero-order chi connectivity index (χ0) is 18.2. The standard InChI is InChI=1S/C21H18N2O3/c24-14-17-10-4-5-12-19(17)26-15-20(25)23-21(16-8-2-1-3-9-16)18-11-6-7-13-22-18/h1-14,21H,15H2,(H,23,25). The van der Waals surface area contributed by atoms with Crippen LogP contribution in [0.15, 0.2) is 79.0 Å². The number of ether oxygens (including phenoxy) is 1. The summed E-state index contributed by atoms with van der Waals surface area (Å²) < 4.78 is 5.50. The molecule has 26 heavy (non-hydrogen) atoms. The highest BCUT2D eigenvalue weighted by atomic mass is 16.5. The van der Waals surface area contributed by atoms with E-state index >= 15 is 0 Å². The van der Waals surface area contributed by atoms with Gasteiger partial charge in [-0.2, -0.15) is 0 Å². The molecule has 3 rings (SSSR count). The Morgan fingerprint density at radius 1 is 1.00 bits per heavy atom. The first-order valence-electron chi connectivity index (χ1n) is 8.20. The summed E-state index contributed by atoms with van der Waals surface area (Å²) in [4.78, 5) is 27.8. The Labute approximate surface area is 151 Å². The lowest BCUT2D eigenvalue weighted by Crippen LogP contribution is -2.33. The van der Waals surface area contributed by atoms with E-state index in [0.717, 1.165) is 11.3 Å². The molecule has 1 aromatic heterocycles. The topological polar surface area (TPSA) is 68.3 Å². The van der Waals surface area contributed by atoms with E-state index in [0.29, 0.717) is 17.6 Å². The average Bonchev–Trinajstić information content (AvgIpc) is 2.72. The number of hydrogen-bond donors (Lipinski definition) is 1. The molecule has 2 aromatic carbocycles. The maximum Gasteiger partial charge on any atom is 0.258 e. The molecule has 5 heteroatoms. The van der Waals surface area contributed by atoms with Crippen molar-refractivity contribution in [1.29, 1.82) is 0 Å². The van der Waals surface area contributed by atoms with Crippen LogP contribution in [-0.2, 0) is 4.79 Å². The molecule has 0 fully saturated rings. The highest BCUT2D eigenvalue weighted by Crippen LogP contribution is 2.20. The Bertz CT molecular complexity index is 827. The molecule has 1 atom stereocenters. The summed E-state index contributed by atoms with van der Waals surface area (Å²) >= 11 is 0. The van der Waals surface area contributed by atoms with Gasteiger partial charge < -0.3 is 10.1 Å². The van der Waals surface area contributed by atoms with E-state index in [2.05, 4.69) is 10.3 Å². The minimum Gasteiger partial charge on any atom is -0.483 e. The Hall–Kier alpha value is -3.47. The summed E-state index contributed by atoms with van der Waals surface area (Å²) in [6, 6.07) is 21.6. The number of hydrogen-bond acceptors (Lipinski definition) is 4. The van der Waals surface area contributed by atoms with Crippen LogP contribution in [0.25, 0.3) is 0 Å². The van der Waals surface area contributed by atoms with Crippen molar-refractivity contribution in [3.63, 3.8) is 0 Å². The number of nitrogens with one attached hydrogen (secondary N) is 1. The summed E-state index contributed by atoms with van der Waals surface area (Å²) in [7, 11) is 0. The molecule has 0 aliphatic heterocycles.